The quantitative estimate of drug-likeness (QED) is 0.828. The standard InChI is InChI=1S/C16H21N5O2S/c1-10-17-15(19-23-10)14-4-3-7-20(14)8-12-9-24-16(18-12)21(11(2)22)13-5-6-13/h9,13-14H,3-8H2,1-2H3/t14-/m1/s1. The van der Waals surface area contributed by atoms with E-state index in [0.717, 1.165) is 55.4 Å². The molecule has 2 aromatic heterocycles. The molecule has 0 bridgehead atoms. The summed E-state index contributed by atoms with van der Waals surface area (Å²) < 4.78 is 5.13. The smallest absolute Gasteiger partial charge is 0.225 e. The van der Waals surface area contributed by atoms with E-state index in [-0.39, 0.29) is 11.9 Å². The second-order valence-corrected chi connectivity index (χ2v) is 7.38. The fraction of sp³-hybridized carbons (Fsp3) is 0.625. The number of hydrogen-bond acceptors (Lipinski definition) is 7. The van der Waals surface area contributed by atoms with Crippen molar-refractivity contribution in [3.63, 3.8) is 0 Å². The molecule has 0 radical (unpaired) electrons. The maximum atomic E-state index is 11.9. The Morgan fingerprint density at radius 3 is 2.92 bits per heavy atom. The minimum absolute atomic E-state index is 0.0831. The highest BCUT2D eigenvalue weighted by Gasteiger charge is 2.34. The zero-order valence-corrected chi connectivity index (χ0v) is 14.8. The highest BCUT2D eigenvalue weighted by molar-refractivity contribution is 7.14. The third kappa shape index (κ3) is 3.08. The maximum absolute atomic E-state index is 11.9. The average molecular weight is 347 g/mol. The second kappa shape index (κ2) is 6.25. The lowest BCUT2D eigenvalue weighted by Crippen LogP contribution is -2.30. The van der Waals surface area contributed by atoms with Gasteiger partial charge < -0.3 is 4.52 Å². The highest BCUT2D eigenvalue weighted by Crippen LogP contribution is 2.35. The van der Waals surface area contributed by atoms with Crippen molar-refractivity contribution in [1.82, 2.24) is 20.0 Å². The number of carbonyl (C=O) groups is 1. The highest BCUT2D eigenvalue weighted by atomic mass is 32.1. The van der Waals surface area contributed by atoms with Crippen LogP contribution in [0.1, 0.15) is 56.1 Å². The monoisotopic (exact) mass is 347 g/mol. The van der Waals surface area contributed by atoms with Crippen molar-refractivity contribution in [2.45, 2.75) is 58.2 Å². The zero-order chi connectivity index (χ0) is 16.7. The number of carbonyl (C=O) groups excluding carboxylic acids is 1. The van der Waals surface area contributed by atoms with Crippen molar-refractivity contribution < 1.29 is 9.32 Å². The zero-order valence-electron chi connectivity index (χ0n) is 13.9. The lowest BCUT2D eigenvalue weighted by Gasteiger charge is -2.20. The summed E-state index contributed by atoms with van der Waals surface area (Å²) in [6.07, 6.45) is 4.33. The SMILES string of the molecule is CC(=O)N(c1nc(CN2CCC[C@@H]2c2noc(C)n2)cs1)C1CC1. The Kier molecular flexibility index (Phi) is 4.09. The van der Waals surface area contributed by atoms with E-state index in [2.05, 4.69) is 20.4 Å². The first-order valence-electron chi connectivity index (χ1n) is 8.40. The summed E-state index contributed by atoms with van der Waals surface area (Å²) in [4.78, 5) is 25.2. The van der Waals surface area contributed by atoms with E-state index in [9.17, 15) is 4.79 Å². The molecule has 0 unspecified atom stereocenters. The van der Waals surface area contributed by atoms with E-state index in [0.29, 0.717) is 11.9 Å². The lowest BCUT2D eigenvalue weighted by molar-refractivity contribution is -0.116. The molecule has 7 nitrogen and oxygen atoms in total. The van der Waals surface area contributed by atoms with E-state index < -0.39 is 0 Å². The average Bonchev–Trinajstić information content (AvgIpc) is 2.93. The summed E-state index contributed by atoms with van der Waals surface area (Å²) in [5, 5.41) is 6.96. The van der Waals surface area contributed by atoms with Crippen LogP contribution in [0.5, 0.6) is 0 Å². The number of amides is 1. The van der Waals surface area contributed by atoms with Crippen molar-refractivity contribution in [3.8, 4) is 0 Å². The van der Waals surface area contributed by atoms with Gasteiger partial charge in [0, 0.05) is 31.8 Å². The Balaban J connectivity index is 1.48. The molecule has 1 aliphatic carbocycles. The fourth-order valence-electron chi connectivity index (χ4n) is 3.33. The van der Waals surface area contributed by atoms with Gasteiger partial charge in [0.25, 0.3) is 0 Å². The molecule has 2 aliphatic rings. The molecule has 1 atom stereocenters. The van der Waals surface area contributed by atoms with Crippen LogP contribution in [0.15, 0.2) is 9.90 Å². The minimum Gasteiger partial charge on any atom is -0.340 e. The Labute approximate surface area is 144 Å². The van der Waals surface area contributed by atoms with Gasteiger partial charge in [-0.2, -0.15) is 4.98 Å². The van der Waals surface area contributed by atoms with Gasteiger partial charge in [-0.15, -0.1) is 11.3 Å². The van der Waals surface area contributed by atoms with Crippen molar-refractivity contribution in [2.75, 3.05) is 11.4 Å². The van der Waals surface area contributed by atoms with E-state index in [1.165, 1.54) is 0 Å². The molecule has 2 fully saturated rings. The van der Waals surface area contributed by atoms with Crippen LogP contribution >= 0.6 is 11.3 Å². The van der Waals surface area contributed by atoms with Crippen LogP contribution < -0.4 is 4.90 Å². The van der Waals surface area contributed by atoms with E-state index in [4.69, 9.17) is 9.51 Å². The summed E-state index contributed by atoms with van der Waals surface area (Å²) in [7, 11) is 0. The Morgan fingerprint density at radius 2 is 2.25 bits per heavy atom. The van der Waals surface area contributed by atoms with Crippen LogP contribution in [0.4, 0.5) is 5.13 Å². The number of likely N-dealkylation sites (tertiary alicyclic amines) is 1. The number of hydrogen-bond donors (Lipinski definition) is 0. The van der Waals surface area contributed by atoms with Crippen LogP contribution in [-0.4, -0.2) is 38.5 Å². The molecule has 2 aromatic rings. The molecule has 0 N–H and O–H groups in total. The van der Waals surface area contributed by atoms with Crippen molar-refractivity contribution in [3.05, 3.63) is 22.8 Å². The van der Waals surface area contributed by atoms with E-state index >= 15 is 0 Å². The molecule has 1 amide bonds. The molecule has 128 valence electrons. The number of nitrogens with zero attached hydrogens (tertiary/aromatic N) is 5. The third-order valence-corrected chi connectivity index (χ3v) is 5.46. The number of rotatable bonds is 5. The first kappa shape index (κ1) is 15.7. The Hall–Kier alpha value is -1.80. The minimum atomic E-state index is 0.0831. The summed E-state index contributed by atoms with van der Waals surface area (Å²) in [6, 6.07) is 0.545. The molecule has 1 saturated heterocycles. The van der Waals surface area contributed by atoms with Crippen LogP contribution in [0.2, 0.25) is 0 Å². The summed E-state index contributed by atoms with van der Waals surface area (Å²) >= 11 is 1.56. The van der Waals surface area contributed by atoms with Crippen LogP contribution in [0.3, 0.4) is 0 Å². The molecule has 24 heavy (non-hydrogen) atoms. The van der Waals surface area contributed by atoms with Gasteiger partial charge in [0.1, 0.15) is 0 Å². The fourth-order valence-corrected chi connectivity index (χ4v) is 4.26. The number of thiazole rings is 1. The number of aryl methyl sites for hydroxylation is 1. The van der Waals surface area contributed by atoms with Gasteiger partial charge in [-0.3, -0.25) is 14.6 Å². The van der Waals surface area contributed by atoms with E-state index in [1.807, 2.05) is 11.8 Å². The van der Waals surface area contributed by atoms with Gasteiger partial charge in [0.15, 0.2) is 11.0 Å². The van der Waals surface area contributed by atoms with Gasteiger partial charge in [0.2, 0.25) is 11.8 Å². The summed E-state index contributed by atoms with van der Waals surface area (Å²) in [6.45, 7) is 5.19. The van der Waals surface area contributed by atoms with Crippen molar-refractivity contribution >= 4 is 22.4 Å². The molecule has 1 aliphatic heterocycles. The lowest BCUT2D eigenvalue weighted by atomic mass is 10.2. The molecule has 0 aromatic carbocycles. The number of anilines is 1. The molecule has 0 spiro atoms. The van der Waals surface area contributed by atoms with Gasteiger partial charge >= 0.3 is 0 Å². The largest absolute Gasteiger partial charge is 0.340 e. The molecule has 4 rings (SSSR count). The van der Waals surface area contributed by atoms with Crippen LogP contribution in [0, 0.1) is 6.92 Å². The third-order valence-electron chi connectivity index (χ3n) is 4.57. The van der Waals surface area contributed by atoms with Gasteiger partial charge in [-0.05, 0) is 32.2 Å². The van der Waals surface area contributed by atoms with Crippen LogP contribution in [0.25, 0.3) is 0 Å². The first-order valence-corrected chi connectivity index (χ1v) is 9.28. The topological polar surface area (TPSA) is 75.4 Å². The van der Waals surface area contributed by atoms with Crippen molar-refractivity contribution in [1.29, 1.82) is 0 Å². The molecule has 3 heterocycles. The first-order chi connectivity index (χ1) is 11.6. The predicted octanol–water partition coefficient (Wildman–Crippen LogP) is 2.69. The van der Waals surface area contributed by atoms with Gasteiger partial charge in [-0.1, -0.05) is 5.16 Å². The second-order valence-electron chi connectivity index (χ2n) is 6.54. The molecular formula is C16H21N5O2S. The van der Waals surface area contributed by atoms with Gasteiger partial charge in [-0.25, -0.2) is 4.98 Å². The summed E-state index contributed by atoms with van der Waals surface area (Å²) in [5.41, 5.74) is 1.01. The molecule has 1 saturated carbocycles. The Morgan fingerprint density at radius 1 is 1.42 bits per heavy atom. The van der Waals surface area contributed by atoms with E-state index in [1.54, 1.807) is 18.3 Å². The Bertz CT molecular complexity index is 738. The van der Waals surface area contributed by atoms with Gasteiger partial charge in [0.05, 0.1) is 11.7 Å². The normalized spacial score (nSPS) is 21.3. The van der Waals surface area contributed by atoms with Crippen molar-refractivity contribution in [2.24, 2.45) is 0 Å². The molecule has 8 heteroatoms. The van der Waals surface area contributed by atoms with Crippen LogP contribution in [-0.2, 0) is 11.3 Å². The molecular weight excluding hydrogens is 326 g/mol. The predicted molar refractivity (Wildman–Crippen MR) is 89.7 cm³/mol. The summed E-state index contributed by atoms with van der Waals surface area (Å²) in [5.74, 6) is 1.46. The maximum Gasteiger partial charge on any atom is 0.225 e. The number of aromatic nitrogens is 3.